The number of fused-ring (bicyclic) bond motifs is 1. The van der Waals surface area contributed by atoms with E-state index in [2.05, 4.69) is 17.5 Å². The summed E-state index contributed by atoms with van der Waals surface area (Å²) in [5.41, 5.74) is 4.63. The van der Waals surface area contributed by atoms with Gasteiger partial charge in [0.05, 0.1) is 10.7 Å². The number of nitrogens with zero attached hydrogens (tertiary/aromatic N) is 1. The van der Waals surface area contributed by atoms with E-state index in [-0.39, 0.29) is 5.91 Å². The van der Waals surface area contributed by atoms with Gasteiger partial charge in [0, 0.05) is 10.1 Å². The van der Waals surface area contributed by atoms with Crippen molar-refractivity contribution in [2.75, 3.05) is 0 Å². The zero-order valence-corrected chi connectivity index (χ0v) is 16.2. The Hall–Kier alpha value is -2.17. The normalized spacial score (nSPS) is 11.7. The maximum atomic E-state index is 12.6. The second kappa shape index (κ2) is 8.97. The van der Waals surface area contributed by atoms with Crippen LogP contribution in [0, 0.1) is 0 Å². The second-order valence-electron chi connectivity index (χ2n) is 6.06. The minimum atomic E-state index is -0.264. The largest absolute Gasteiger partial charge is 0.283 e. The Morgan fingerprint density at radius 2 is 1.81 bits per heavy atom. The summed E-state index contributed by atoms with van der Waals surface area (Å²) in [4.78, 5) is 13.1. The molecule has 3 nitrogen and oxygen atoms in total. The van der Waals surface area contributed by atoms with Gasteiger partial charge in [0.25, 0.3) is 5.91 Å². The van der Waals surface area contributed by atoms with Gasteiger partial charge in [-0.05, 0) is 24.5 Å². The summed E-state index contributed by atoms with van der Waals surface area (Å²) in [6.07, 6.45) is 4.16. The number of carbonyl (C=O) groups is 1. The number of benzene rings is 2. The van der Waals surface area contributed by atoms with E-state index in [0.717, 1.165) is 47.0 Å². The Morgan fingerprint density at radius 1 is 1.08 bits per heavy atom. The Kier molecular flexibility index (Phi) is 6.42. The van der Waals surface area contributed by atoms with Gasteiger partial charge in [0.2, 0.25) is 0 Å². The van der Waals surface area contributed by atoms with Crippen LogP contribution in [0.1, 0.15) is 47.8 Å². The quantitative estimate of drug-likeness (QED) is 0.291. The van der Waals surface area contributed by atoms with Crippen molar-refractivity contribution >= 4 is 44.6 Å². The predicted octanol–water partition coefficient (Wildman–Crippen LogP) is 6.27. The van der Waals surface area contributed by atoms with Crippen molar-refractivity contribution in [3.8, 4) is 0 Å². The average Bonchev–Trinajstić information content (AvgIpc) is 3.02. The molecule has 0 aliphatic carbocycles. The fourth-order valence-corrected chi connectivity index (χ4v) is 4.17. The number of thiophene rings is 1. The van der Waals surface area contributed by atoms with Crippen LogP contribution in [0.4, 0.5) is 0 Å². The summed E-state index contributed by atoms with van der Waals surface area (Å²) in [6, 6.07) is 17.7. The number of unbranched alkanes of at least 4 members (excludes halogenated alkanes) is 2. The molecule has 0 radical (unpaired) electrons. The molecule has 1 amide bonds. The van der Waals surface area contributed by atoms with E-state index in [1.807, 2.05) is 54.6 Å². The fraction of sp³-hybridized carbons (Fsp3) is 0.238. The molecule has 5 heteroatoms. The molecule has 0 fully saturated rings. The van der Waals surface area contributed by atoms with Crippen molar-refractivity contribution in [2.45, 2.75) is 32.6 Å². The molecule has 2 aromatic carbocycles. The van der Waals surface area contributed by atoms with E-state index in [1.54, 1.807) is 0 Å². The molecular weight excluding hydrogens is 364 g/mol. The Bertz CT molecular complexity index is 918. The topological polar surface area (TPSA) is 41.5 Å². The highest BCUT2D eigenvalue weighted by atomic mass is 35.5. The molecular formula is C21H21ClN2OS. The van der Waals surface area contributed by atoms with Gasteiger partial charge in [-0.25, -0.2) is 5.43 Å². The molecule has 0 aliphatic heterocycles. The number of rotatable bonds is 7. The first-order valence-electron chi connectivity index (χ1n) is 8.80. The molecule has 0 aliphatic rings. The molecule has 1 aromatic heterocycles. The highest BCUT2D eigenvalue weighted by Gasteiger charge is 2.16. The maximum absolute atomic E-state index is 12.6. The third-order valence-electron chi connectivity index (χ3n) is 4.16. The van der Waals surface area contributed by atoms with Crippen molar-refractivity contribution in [1.29, 1.82) is 0 Å². The van der Waals surface area contributed by atoms with Crippen LogP contribution in [0.5, 0.6) is 0 Å². The summed E-state index contributed by atoms with van der Waals surface area (Å²) < 4.78 is 0.998. The molecule has 3 rings (SSSR count). The summed E-state index contributed by atoms with van der Waals surface area (Å²) >= 11 is 7.78. The van der Waals surface area contributed by atoms with Gasteiger partial charge in [0.15, 0.2) is 0 Å². The Balaban J connectivity index is 1.81. The van der Waals surface area contributed by atoms with E-state index >= 15 is 0 Å². The molecule has 0 saturated heterocycles. The van der Waals surface area contributed by atoms with Gasteiger partial charge in [0.1, 0.15) is 4.88 Å². The number of halogens is 1. The van der Waals surface area contributed by atoms with E-state index in [9.17, 15) is 4.79 Å². The SMILES string of the molecule is CCCCC/C(=N/NC(=O)c1sc2ccccc2c1Cl)c1ccccc1. The molecule has 0 spiro atoms. The zero-order valence-electron chi connectivity index (χ0n) is 14.7. The monoisotopic (exact) mass is 384 g/mol. The first kappa shape index (κ1) is 18.6. The predicted molar refractivity (Wildman–Crippen MR) is 111 cm³/mol. The van der Waals surface area contributed by atoms with Crippen molar-refractivity contribution in [1.82, 2.24) is 5.43 Å². The van der Waals surface area contributed by atoms with Crippen molar-refractivity contribution in [2.24, 2.45) is 5.10 Å². The lowest BCUT2D eigenvalue weighted by Crippen LogP contribution is -2.19. The van der Waals surface area contributed by atoms with Crippen molar-refractivity contribution in [3.05, 3.63) is 70.1 Å². The van der Waals surface area contributed by atoms with Crippen LogP contribution in [-0.4, -0.2) is 11.6 Å². The number of hydrogen-bond acceptors (Lipinski definition) is 3. The Morgan fingerprint density at radius 3 is 2.54 bits per heavy atom. The molecule has 26 heavy (non-hydrogen) atoms. The van der Waals surface area contributed by atoms with Crippen LogP contribution >= 0.6 is 22.9 Å². The van der Waals surface area contributed by atoms with Crippen LogP contribution in [0.2, 0.25) is 5.02 Å². The standard InChI is InChI=1S/C21H21ClN2OS/c1-2-3-5-13-17(15-10-6-4-7-11-15)23-24-21(25)20-19(22)16-12-8-9-14-18(16)26-20/h4,6-12,14H,2-3,5,13H2,1H3,(H,24,25)/b23-17-. The highest BCUT2D eigenvalue weighted by molar-refractivity contribution is 7.21. The van der Waals surface area contributed by atoms with Crippen molar-refractivity contribution in [3.63, 3.8) is 0 Å². The minimum absolute atomic E-state index is 0.264. The van der Waals surface area contributed by atoms with Crippen LogP contribution < -0.4 is 5.43 Å². The number of nitrogens with one attached hydrogen (secondary N) is 1. The summed E-state index contributed by atoms with van der Waals surface area (Å²) in [5, 5.41) is 5.81. The minimum Gasteiger partial charge on any atom is -0.266 e. The second-order valence-corrected chi connectivity index (χ2v) is 7.49. The molecule has 1 N–H and O–H groups in total. The molecule has 0 saturated carbocycles. The lowest BCUT2D eigenvalue weighted by atomic mass is 10.0. The van der Waals surface area contributed by atoms with E-state index in [0.29, 0.717) is 9.90 Å². The van der Waals surface area contributed by atoms with Gasteiger partial charge in [-0.2, -0.15) is 5.10 Å². The third kappa shape index (κ3) is 4.32. The molecule has 0 unspecified atom stereocenters. The number of hydrazone groups is 1. The van der Waals surface area contributed by atoms with Crippen LogP contribution in [-0.2, 0) is 0 Å². The van der Waals surface area contributed by atoms with Crippen LogP contribution in [0.15, 0.2) is 59.7 Å². The lowest BCUT2D eigenvalue weighted by molar-refractivity contribution is 0.0959. The van der Waals surface area contributed by atoms with Gasteiger partial charge in [-0.3, -0.25) is 4.79 Å². The zero-order chi connectivity index (χ0) is 18.4. The van der Waals surface area contributed by atoms with Gasteiger partial charge >= 0.3 is 0 Å². The first-order chi connectivity index (χ1) is 12.7. The Labute approximate surface area is 162 Å². The van der Waals surface area contributed by atoms with Crippen LogP contribution in [0.25, 0.3) is 10.1 Å². The maximum Gasteiger partial charge on any atom is 0.283 e. The van der Waals surface area contributed by atoms with E-state index in [1.165, 1.54) is 11.3 Å². The number of amides is 1. The molecule has 1 heterocycles. The number of carbonyl (C=O) groups excluding carboxylic acids is 1. The summed E-state index contributed by atoms with van der Waals surface area (Å²) in [5.74, 6) is -0.264. The molecule has 3 aromatic rings. The average molecular weight is 385 g/mol. The summed E-state index contributed by atoms with van der Waals surface area (Å²) in [7, 11) is 0. The van der Waals surface area contributed by atoms with Gasteiger partial charge < -0.3 is 0 Å². The summed E-state index contributed by atoms with van der Waals surface area (Å²) in [6.45, 7) is 2.17. The van der Waals surface area contributed by atoms with Crippen LogP contribution in [0.3, 0.4) is 0 Å². The van der Waals surface area contributed by atoms with Crippen molar-refractivity contribution < 1.29 is 4.79 Å². The smallest absolute Gasteiger partial charge is 0.266 e. The molecule has 0 bridgehead atoms. The fourth-order valence-electron chi connectivity index (χ4n) is 2.77. The molecule has 134 valence electrons. The highest BCUT2D eigenvalue weighted by Crippen LogP contribution is 2.34. The van der Waals surface area contributed by atoms with Gasteiger partial charge in [-0.15, -0.1) is 11.3 Å². The van der Waals surface area contributed by atoms with Gasteiger partial charge in [-0.1, -0.05) is 79.9 Å². The lowest BCUT2D eigenvalue weighted by Gasteiger charge is -2.07. The van der Waals surface area contributed by atoms with E-state index < -0.39 is 0 Å². The molecule has 0 atom stereocenters. The van der Waals surface area contributed by atoms with E-state index in [4.69, 9.17) is 11.6 Å². The third-order valence-corrected chi connectivity index (χ3v) is 5.83. The first-order valence-corrected chi connectivity index (χ1v) is 9.99. The number of hydrogen-bond donors (Lipinski definition) is 1.